The van der Waals surface area contributed by atoms with Crippen molar-refractivity contribution in [1.29, 1.82) is 0 Å². The standard InChI is InChI=1S/C12H9N3O/c1-8-5-6-9-10(7-8)16-12(15(9)4)11(13-2)14-3/h5-7H,1,4H3. The van der Waals surface area contributed by atoms with Crippen LogP contribution < -0.4 is 9.64 Å². The molecule has 1 heterocycles. The average molecular weight is 211 g/mol. The summed E-state index contributed by atoms with van der Waals surface area (Å²) < 4.78 is 5.52. The number of nitrogens with zero attached hydrogens (tertiary/aromatic N) is 3. The van der Waals surface area contributed by atoms with Crippen molar-refractivity contribution in [2.45, 2.75) is 6.92 Å². The van der Waals surface area contributed by atoms with Gasteiger partial charge in [0.15, 0.2) is 5.75 Å². The highest BCUT2D eigenvalue weighted by molar-refractivity contribution is 5.67. The van der Waals surface area contributed by atoms with Crippen LogP contribution in [0.5, 0.6) is 5.75 Å². The molecule has 0 unspecified atom stereocenters. The number of rotatable bonds is 0. The molecule has 1 aliphatic rings. The molecule has 16 heavy (non-hydrogen) atoms. The molecule has 2 rings (SSSR count). The number of aryl methyl sites for hydroxylation is 1. The Hall–Kier alpha value is -2.46. The summed E-state index contributed by atoms with van der Waals surface area (Å²) >= 11 is 0. The average Bonchev–Trinajstić information content (AvgIpc) is 2.58. The van der Waals surface area contributed by atoms with Crippen molar-refractivity contribution in [3.63, 3.8) is 0 Å². The molecule has 1 aromatic carbocycles. The Bertz CT molecular complexity index is 545. The summed E-state index contributed by atoms with van der Waals surface area (Å²) in [4.78, 5) is 8.03. The molecule has 0 saturated carbocycles. The van der Waals surface area contributed by atoms with Crippen molar-refractivity contribution >= 4 is 5.69 Å². The topological polar surface area (TPSA) is 21.2 Å². The van der Waals surface area contributed by atoms with Crippen LogP contribution in [-0.2, 0) is 0 Å². The lowest BCUT2D eigenvalue weighted by molar-refractivity contribution is 0.440. The molecule has 0 bridgehead atoms. The molecule has 0 N–H and O–H groups in total. The van der Waals surface area contributed by atoms with Gasteiger partial charge < -0.3 is 9.64 Å². The van der Waals surface area contributed by atoms with Crippen molar-refractivity contribution < 1.29 is 4.74 Å². The van der Waals surface area contributed by atoms with Gasteiger partial charge in [-0.1, -0.05) is 6.07 Å². The normalized spacial score (nSPS) is 12.5. The van der Waals surface area contributed by atoms with Crippen LogP contribution in [0.3, 0.4) is 0 Å². The van der Waals surface area contributed by atoms with Crippen molar-refractivity contribution in [2.24, 2.45) is 0 Å². The van der Waals surface area contributed by atoms with Crippen molar-refractivity contribution in [1.82, 2.24) is 0 Å². The molecule has 4 heteroatoms. The van der Waals surface area contributed by atoms with E-state index in [1.54, 1.807) is 11.9 Å². The molecule has 78 valence electrons. The molecule has 0 radical (unpaired) electrons. The molecule has 4 nitrogen and oxygen atoms in total. The van der Waals surface area contributed by atoms with Gasteiger partial charge in [0.25, 0.3) is 5.88 Å². The Morgan fingerprint density at radius 3 is 2.62 bits per heavy atom. The minimum Gasteiger partial charge on any atom is -0.442 e. The highest BCUT2D eigenvalue weighted by atomic mass is 16.5. The van der Waals surface area contributed by atoms with E-state index in [9.17, 15) is 0 Å². The van der Waals surface area contributed by atoms with Gasteiger partial charge in [0.1, 0.15) is 13.1 Å². The number of hydrogen-bond donors (Lipinski definition) is 0. The third kappa shape index (κ3) is 1.37. The maximum atomic E-state index is 6.91. The summed E-state index contributed by atoms with van der Waals surface area (Å²) in [7, 11) is 1.78. The molecular formula is C12H9N3O. The van der Waals surface area contributed by atoms with Crippen LogP contribution in [0, 0.1) is 20.1 Å². The van der Waals surface area contributed by atoms with E-state index in [2.05, 4.69) is 9.69 Å². The van der Waals surface area contributed by atoms with Crippen molar-refractivity contribution in [3.05, 3.63) is 58.3 Å². The second-order valence-electron chi connectivity index (χ2n) is 3.48. The maximum absolute atomic E-state index is 6.91. The Labute approximate surface area is 94.0 Å². The first-order valence-electron chi connectivity index (χ1n) is 4.69. The van der Waals surface area contributed by atoms with Gasteiger partial charge >= 0.3 is 5.82 Å². The smallest absolute Gasteiger partial charge is 0.442 e. The zero-order valence-electron chi connectivity index (χ0n) is 8.98. The van der Waals surface area contributed by atoms with Crippen LogP contribution in [0.15, 0.2) is 29.9 Å². The first kappa shape index (κ1) is 10.1. The van der Waals surface area contributed by atoms with E-state index in [0.717, 1.165) is 11.3 Å². The highest BCUT2D eigenvalue weighted by Crippen LogP contribution is 2.39. The van der Waals surface area contributed by atoms with Gasteiger partial charge in [-0.15, -0.1) is 9.69 Å². The number of hydrogen-bond acceptors (Lipinski definition) is 2. The summed E-state index contributed by atoms with van der Waals surface area (Å²) in [6.45, 7) is 15.8. The molecule has 1 aromatic rings. The first-order valence-corrected chi connectivity index (χ1v) is 4.69. The fourth-order valence-electron chi connectivity index (χ4n) is 1.58. The SMILES string of the molecule is [C-]#[N+]C([N+]#[C-])=C1Oc2cc(C)ccc2N1C. The lowest BCUT2D eigenvalue weighted by Gasteiger charge is -2.08. The summed E-state index contributed by atoms with van der Waals surface area (Å²) in [6, 6.07) is 5.78. The molecule has 1 aliphatic heterocycles. The van der Waals surface area contributed by atoms with Gasteiger partial charge in [-0.05, 0) is 24.6 Å². The Balaban J connectivity index is 2.55. The van der Waals surface area contributed by atoms with E-state index >= 15 is 0 Å². The first-order chi connectivity index (χ1) is 7.67. The lowest BCUT2D eigenvalue weighted by atomic mass is 10.2. The van der Waals surface area contributed by atoms with Crippen molar-refractivity contribution in [3.8, 4) is 5.75 Å². The van der Waals surface area contributed by atoms with E-state index < -0.39 is 0 Å². The third-order valence-electron chi connectivity index (χ3n) is 2.39. The van der Waals surface area contributed by atoms with E-state index in [1.165, 1.54) is 0 Å². The monoisotopic (exact) mass is 211 g/mol. The predicted octanol–water partition coefficient (Wildman–Crippen LogP) is 2.79. The van der Waals surface area contributed by atoms with Gasteiger partial charge in [0.05, 0.1) is 5.69 Å². The van der Waals surface area contributed by atoms with E-state index in [4.69, 9.17) is 17.9 Å². The highest BCUT2D eigenvalue weighted by Gasteiger charge is 2.31. The number of ether oxygens (including phenoxy) is 1. The van der Waals surface area contributed by atoms with Crippen LogP contribution in [0.1, 0.15) is 5.56 Å². The Kier molecular flexibility index (Phi) is 2.27. The largest absolute Gasteiger partial charge is 0.580 e. The van der Waals surface area contributed by atoms with Gasteiger partial charge in [0, 0.05) is 7.05 Å². The van der Waals surface area contributed by atoms with E-state index in [1.807, 2.05) is 25.1 Å². The van der Waals surface area contributed by atoms with E-state index in [0.29, 0.717) is 11.6 Å². The molecule has 0 atom stereocenters. The molecule has 0 fully saturated rings. The summed E-state index contributed by atoms with van der Waals surface area (Å²) in [6.07, 6.45) is 0. The zero-order chi connectivity index (χ0) is 11.7. The molecule has 0 aliphatic carbocycles. The second kappa shape index (κ2) is 3.60. The van der Waals surface area contributed by atoms with E-state index in [-0.39, 0.29) is 5.82 Å². The van der Waals surface area contributed by atoms with Gasteiger partial charge in [-0.3, -0.25) is 0 Å². The van der Waals surface area contributed by atoms with Crippen LogP contribution >= 0.6 is 0 Å². The number of fused-ring (bicyclic) bond motifs is 1. The summed E-state index contributed by atoms with van der Waals surface area (Å²) in [5.74, 6) is 0.962. The maximum Gasteiger partial charge on any atom is 0.580 e. The molecular weight excluding hydrogens is 202 g/mol. The zero-order valence-corrected chi connectivity index (χ0v) is 8.98. The molecule has 0 spiro atoms. The van der Waals surface area contributed by atoms with Crippen LogP contribution in [0.25, 0.3) is 9.69 Å². The quantitative estimate of drug-likeness (QED) is 0.615. The predicted molar refractivity (Wildman–Crippen MR) is 60.4 cm³/mol. The molecule has 0 amide bonds. The fourth-order valence-corrected chi connectivity index (χ4v) is 1.58. The molecule has 0 saturated heterocycles. The fraction of sp³-hybridized carbons (Fsp3) is 0.167. The molecule has 0 aromatic heterocycles. The van der Waals surface area contributed by atoms with Crippen molar-refractivity contribution in [2.75, 3.05) is 11.9 Å². The van der Waals surface area contributed by atoms with Crippen LogP contribution in [0.2, 0.25) is 0 Å². The second-order valence-corrected chi connectivity index (χ2v) is 3.48. The summed E-state index contributed by atoms with van der Waals surface area (Å²) in [5, 5.41) is 0. The number of anilines is 1. The summed E-state index contributed by atoms with van der Waals surface area (Å²) in [5.41, 5.74) is 1.96. The van der Waals surface area contributed by atoms with Gasteiger partial charge in [0.2, 0.25) is 0 Å². The number of benzene rings is 1. The minimum absolute atomic E-state index is 0.0450. The van der Waals surface area contributed by atoms with Gasteiger partial charge in [-0.2, -0.15) is 0 Å². The minimum atomic E-state index is -0.0450. The third-order valence-corrected chi connectivity index (χ3v) is 2.39. The lowest BCUT2D eigenvalue weighted by Crippen LogP contribution is -2.14. The van der Waals surface area contributed by atoms with Crippen LogP contribution in [0.4, 0.5) is 5.69 Å². The van der Waals surface area contributed by atoms with Crippen LogP contribution in [-0.4, -0.2) is 7.05 Å². The Morgan fingerprint density at radius 1 is 1.31 bits per heavy atom. The Morgan fingerprint density at radius 2 is 2.00 bits per heavy atom. The van der Waals surface area contributed by atoms with Gasteiger partial charge in [-0.25, -0.2) is 0 Å².